The number of amides is 1. The monoisotopic (exact) mass is 351 g/mol. The highest BCUT2D eigenvalue weighted by atomic mass is 32.2. The van der Waals surface area contributed by atoms with Gasteiger partial charge in [-0.15, -0.1) is 0 Å². The van der Waals surface area contributed by atoms with E-state index in [0.717, 1.165) is 11.8 Å². The molecule has 0 aliphatic carbocycles. The van der Waals surface area contributed by atoms with Crippen LogP contribution in [0.1, 0.15) is 5.56 Å². The molecule has 1 aromatic carbocycles. The van der Waals surface area contributed by atoms with Gasteiger partial charge in [0.25, 0.3) is 0 Å². The molecule has 0 saturated carbocycles. The smallest absolute Gasteiger partial charge is 0.248 e. The van der Waals surface area contributed by atoms with Gasteiger partial charge in [0.15, 0.2) is 9.84 Å². The second-order valence-corrected chi connectivity index (χ2v) is 7.93. The highest BCUT2D eigenvalue weighted by molar-refractivity contribution is 7.90. The van der Waals surface area contributed by atoms with Crippen LogP contribution in [0.2, 0.25) is 0 Å². The Labute approximate surface area is 139 Å². The fourth-order valence-electron chi connectivity index (χ4n) is 1.70. The van der Waals surface area contributed by atoms with E-state index in [2.05, 4.69) is 5.32 Å². The van der Waals surface area contributed by atoms with Crippen LogP contribution in [-0.2, 0) is 14.6 Å². The lowest BCUT2D eigenvalue weighted by atomic mass is 10.3. The standard InChI is InChI=1S/C16H17NO4S2/c1-23(19,20)10-8-21-15-4-2-3-14(11-15)17-16(18)6-5-13-7-9-22-12-13/h2-7,9,11-12H,8,10H2,1H3,(H,17,18). The highest BCUT2D eigenvalue weighted by Crippen LogP contribution is 2.17. The number of ether oxygens (including phenoxy) is 1. The largest absolute Gasteiger partial charge is 0.492 e. The molecular formula is C16H17NO4S2. The van der Waals surface area contributed by atoms with E-state index in [1.165, 1.54) is 6.08 Å². The molecule has 0 saturated heterocycles. The average molecular weight is 351 g/mol. The van der Waals surface area contributed by atoms with E-state index in [4.69, 9.17) is 4.74 Å². The Morgan fingerprint density at radius 3 is 2.87 bits per heavy atom. The molecule has 1 N–H and O–H groups in total. The lowest BCUT2D eigenvalue weighted by Crippen LogP contribution is -2.12. The minimum Gasteiger partial charge on any atom is -0.492 e. The first-order valence-electron chi connectivity index (χ1n) is 6.84. The van der Waals surface area contributed by atoms with Gasteiger partial charge in [-0.25, -0.2) is 8.42 Å². The summed E-state index contributed by atoms with van der Waals surface area (Å²) >= 11 is 1.56. The molecule has 0 aliphatic rings. The lowest BCUT2D eigenvalue weighted by Gasteiger charge is -2.08. The summed E-state index contributed by atoms with van der Waals surface area (Å²) in [6, 6.07) is 8.75. The van der Waals surface area contributed by atoms with Crippen LogP contribution in [0.15, 0.2) is 47.2 Å². The quantitative estimate of drug-likeness (QED) is 0.779. The summed E-state index contributed by atoms with van der Waals surface area (Å²) in [6.45, 7) is 0.0777. The number of nitrogens with one attached hydrogen (secondary N) is 1. The number of sulfone groups is 1. The molecule has 7 heteroatoms. The number of carbonyl (C=O) groups excluding carboxylic acids is 1. The number of rotatable bonds is 7. The first-order valence-corrected chi connectivity index (χ1v) is 9.84. The zero-order valence-electron chi connectivity index (χ0n) is 12.6. The maximum absolute atomic E-state index is 11.8. The third kappa shape index (κ3) is 6.66. The van der Waals surface area contributed by atoms with Gasteiger partial charge in [-0.2, -0.15) is 11.3 Å². The van der Waals surface area contributed by atoms with Gasteiger partial charge in [0, 0.05) is 24.1 Å². The molecule has 0 spiro atoms. The van der Waals surface area contributed by atoms with Crippen LogP contribution >= 0.6 is 11.3 Å². The van der Waals surface area contributed by atoms with Gasteiger partial charge in [-0.3, -0.25) is 4.79 Å². The summed E-state index contributed by atoms with van der Waals surface area (Å²) < 4.78 is 27.5. The summed E-state index contributed by atoms with van der Waals surface area (Å²) in [5.74, 6) is 0.213. The minimum absolute atomic E-state index is 0.0486. The molecule has 0 fully saturated rings. The van der Waals surface area contributed by atoms with Crippen molar-refractivity contribution in [1.29, 1.82) is 0 Å². The predicted octanol–water partition coefficient (Wildman–Crippen LogP) is 2.82. The third-order valence-corrected chi connectivity index (χ3v) is 4.40. The molecule has 0 bridgehead atoms. The van der Waals surface area contributed by atoms with Gasteiger partial charge < -0.3 is 10.1 Å². The molecule has 0 radical (unpaired) electrons. The Bertz CT molecular complexity index is 780. The lowest BCUT2D eigenvalue weighted by molar-refractivity contribution is -0.111. The van der Waals surface area contributed by atoms with Crippen LogP contribution in [-0.4, -0.2) is 32.9 Å². The first kappa shape index (κ1) is 17.2. The summed E-state index contributed by atoms with van der Waals surface area (Å²) in [4.78, 5) is 11.8. The SMILES string of the molecule is CS(=O)(=O)CCOc1cccc(NC(=O)C=Cc2ccsc2)c1. The van der Waals surface area contributed by atoms with Crippen molar-refractivity contribution in [2.24, 2.45) is 0 Å². The molecule has 5 nitrogen and oxygen atoms in total. The van der Waals surface area contributed by atoms with E-state index in [-0.39, 0.29) is 18.3 Å². The molecule has 0 unspecified atom stereocenters. The van der Waals surface area contributed by atoms with E-state index in [1.807, 2.05) is 16.8 Å². The Morgan fingerprint density at radius 1 is 1.35 bits per heavy atom. The molecule has 122 valence electrons. The Kier molecular flexibility index (Phi) is 5.95. The number of anilines is 1. The zero-order valence-corrected chi connectivity index (χ0v) is 14.2. The number of hydrogen-bond acceptors (Lipinski definition) is 5. The third-order valence-electron chi connectivity index (χ3n) is 2.79. The van der Waals surface area contributed by atoms with E-state index >= 15 is 0 Å². The van der Waals surface area contributed by atoms with Crippen LogP contribution in [0.25, 0.3) is 6.08 Å². The molecule has 1 amide bonds. The number of carbonyl (C=O) groups is 1. The summed E-state index contributed by atoms with van der Waals surface area (Å²) in [7, 11) is -3.06. The molecule has 23 heavy (non-hydrogen) atoms. The number of benzene rings is 1. The summed E-state index contributed by atoms with van der Waals surface area (Å²) in [6.07, 6.45) is 4.35. The molecule has 2 aromatic rings. The van der Waals surface area contributed by atoms with Crippen LogP contribution in [0.5, 0.6) is 5.75 Å². The van der Waals surface area contributed by atoms with Gasteiger partial charge in [0.05, 0.1) is 5.75 Å². The molecule has 2 rings (SSSR count). The second-order valence-electron chi connectivity index (χ2n) is 4.89. The Morgan fingerprint density at radius 2 is 2.17 bits per heavy atom. The second kappa shape index (κ2) is 7.94. The van der Waals surface area contributed by atoms with Crippen molar-refractivity contribution in [3.8, 4) is 5.75 Å². The van der Waals surface area contributed by atoms with E-state index in [1.54, 1.807) is 41.7 Å². The van der Waals surface area contributed by atoms with E-state index < -0.39 is 9.84 Å². The van der Waals surface area contributed by atoms with Crippen molar-refractivity contribution in [2.75, 3.05) is 23.9 Å². The number of hydrogen-bond donors (Lipinski definition) is 1. The first-order chi connectivity index (χ1) is 10.9. The Hall–Kier alpha value is -2.12. The van der Waals surface area contributed by atoms with Crippen molar-refractivity contribution in [3.63, 3.8) is 0 Å². The molecule has 1 aromatic heterocycles. The van der Waals surface area contributed by atoms with Crippen LogP contribution in [0.3, 0.4) is 0 Å². The van der Waals surface area contributed by atoms with Crippen LogP contribution in [0.4, 0.5) is 5.69 Å². The molecule has 0 atom stereocenters. The summed E-state index contributed by atoms with van der Waals surface area (Å²) in [5.41, 5.74) is 1.56. The van der Waals surface area contributed by atoms with E-state index in [9.17, 15) is 13.2 Å². The number of thiophene rings is 1. The molecular weight excluding hydrogens is 334 g/mol. The zero-order chi connectivity index (χ0) is 16.7. The van der Waals surface area contributed by atoms with Gasteiger partial charge in [0.2, 0.25) is 5.91 Å². The highest BCUT2D eigenvalue weighted by Gasteiger charge is 2.04. The fraction of sp³-hybridized carbons (Fsp3) is 0.188. The summed E-state index contributed by atoms with van der Waals surface area (Å²) in [5, 5.41) is 6.61. The van der Waals surface area contributed by atoms with Crippen LogP contribution < -0.4 is 10.1 Å². The van der Waals surface area contributed by atoms with Gasteiger partial charge in [-0.05, 0) is 40.6 Å². The van der Waals surface area contributed by atoms with Gasteiger partial charge >= 0.3 is 0 Å². The minimum atomic E-state index is -3.06. The van der Waals surface area contributed by atoms with Crippen LogP contribution in [0, 0.1) is 0 Å². The van der Waals surface area contributed by atoms with Crippen molar-refractivity contribution >= 4 is 38.8 Å². The maximum Gasteiger partial charge on any atom is 0.248 e. The molecule has 0 aliphatic heterocycles. The fourth-order valence-corrected chi connectivity index (χ4v) is 2.71. The van der Waals surface area contributed by atoms with Crippen molar-refractivity contribution in [1.82, 2.24) is 0 Å². The van der Waals surface area contributed by atoms with Gasteiger partial charge in [-0.1, -0.05) is 6.07 Å². The van der Waals surface area contributed by atoms with Crippen molar-refractivity contribution in [2.45, 2.75) is 0 Å². The maximum atomic E-state index is 11.8. The van der Waals surface area contributed by atoms with E-state index in [0.29, 0.717) is 11.4 Å². The normalized spacial score (nSPS) is 11.5. The van der Waals surface area contributed by atoms with Gasteiger partial charge in [0.1, 0.15) is 12.4 Å². The average Bonchev–Trinajstić information content (AvgIpc) is 2.97. The van der Waals surface area contributed by atoms with Crippen molar-refractivity contribution in [3.05, 3.63) is 52.7 Å². The topological polar surface area (TPSA) is 72.5 Å². The Balaban J connectivity index is 1.90. The predicted molar refractivity (Wildman–Crippen MR) is 93.6 cm³/mol. The molecule has 1 heterocycles. The van der Waals surface area contributed by atoms with Crippen molar-refractivity contribution < 1.29 is 17.9 Å².